The molecule has 0 radical (unpaired) electrons. The third-order valence-electron chi connectivity index (χ3n) is 7.19. The van der Waals surface area contributed by atoms with E-state index in [2.05, 4.69) is 6.58 Å². The molecule has 2 saturated heterocycles. The lowest BCUT2D eigenvalue weighted by atomic mass is 9.89. The molecule has 10 heteroatoms. The lowest BCUT2D eigenvalue weighted by molar-refractivity contribution is -0.196. The first kappa shape index (κ1) is 26.3. The number of hydrogen-bond donors (Lipinski definition) is 0. The molecule has 3 aliphatic rings. The molecule has 0 aliphatic carbocycles. The molecule has 10 nitrogen and oxygen atoms in total. The summed E-state index contributed by atoms with van der Waals surface area (Å²) in [6.45, 7) is 7.46. The maximum atomic E-state index is 14.0. The Morgan fingerprint density at radius 2 is 1.67 bits per heavy atom. The van der Waals surface area contributed by atoms with Crippen molar-refractivity contribution in [1.29, 1.82) is 0 Å². The number of hydrogen-bond acceptors (Lipinski definition) is 8. The molecule has 39 heavy (non-hydrogen) atoms. The first-order valence-corrected chi connectivity index (χ1v) is 12.6. The van der Waals surface area contributed by atoms with Crippen LogP contribution in [0.2, 0.25) is 0 Å². The normalized spacial score (nSPS) is 24.7. The molecule has 0 bridgehead atoms. The fourth-order valence-corrected chi connectivity index (χ4v) is 5.16. The van der Waals surface area contributed by atoms with Crippen molar-refractivity contribution in [3.8, 4) is 0 Å². The highest BCUT2D eigenvalue weighted by Crippen LogP contribution is 2.38. The van der Waals surface area contributed by atoms with Crippen LogP contribution in [0.1, 0.15) is 59.0 Å². The number of amides is 4. The molecule has 2 aromatic carbocycles. The van der Waals surface area contributed by atoms with Crippen molar-refractivity contribution >= 4 is 29.8 Å². The molecule has 0 N–H and O–H groups in total. The Bertz CT molecular complexity index is 1320. The minimum absolute atomic E-state index is 0.0181. The van der Waals surface area contributed by atoms with E-state index in [9.17, 15) is 24.0 Å². The van der Waals surface area contributed by atoms with Gasteiger partial charge in [0.15, 0.2) is 6.10 Å². The zero-order valence-electron chi connectivity index (χ0n) is 21.6. The number of esters is 1. The van der Waals surface area contributed by atoms with Gasteiger partial charge in [-0.05, 0) is 24.1 Å². The fraction of sp³-hybridized carbons (Fsp3) is 0.345. The highest BCUT2D eigenvalue weighted by molar-refractivity contribution is 6.23. The molecule has 0 saturated carbocycles. The molecule has 0 spiro atoms. The summed E-state index contributed by atoms with van der Waals surface area (Å²) < 4.78 is 16.6. The third-order valence-corrected chi connectivity index (χ3v) is 7.19. The standard InChI is InChI=1S/C29H28N2O8/c1-4-10-20(30-24(32)18-13-8-9-14-19(18)25(30)33)26(34)31-21(17-11-6-5-7-12-17)15-22(39-28(31)36)38-23-27(35)37-16-29(23,2)3/h4-9,11-14,20-23H,1,10,15-16H2,2-3H3/t20-,21+,22+,23-/m0/s1. The zero-order valence-corrected chi connectivity index (χ0v) is 21.6. The Morgan fingerprint density at radius 3 is 2.23 bits per heavy atom. The van der Waals surface area contributed by atoms with Crippen LogP contribution in [-0.2, 0) is 23.8 Å². The first-order valence-electron chi connectivity index (χ1n) is 12.6. The van der Waals surface area contributed by atoms with Crippen LogP contribution in [0.5, 0.6) is 0 Å². The fourth-order valence-electron chi connectivity index (χ4n) is 5.16. The van der Waals surface area contributed by atoms with E-state index in [4.69, 9.17) is 14.2 Å². The topological polar surface area (TPSA) is 120 Å². The van der Waals surface area contributed by atoms with Gasteiger partial charge in [0.25, 0.3) is 17.7 Å². The van der Waals surface area contributed by atoms with E-state index in [-0.39, 0.29) is 30.6 Å². The molecule has 0 unspecified atom stereocenters. The van der Waals surface area contributed by atoms with E-state index in [0.717, 1.165) is 9.80 Å². The number of rotatable bonds is 7. The van der Waals surface area contributed by atoms with Crippen LogP contribution in [0, 0.1) is 5.41 Å². The first-order chi connectivity index (χ1) is 18.6. The van der Waals surface area contributed by atoms with Crippen molar-refractivity contribution in [2.45, 2.75) is 51.2 Å². The van der Waals surface area contributed by atoms with Crippen LogP contribution in [-0.4, -0.2) is 64.6 Å². The highest BCUT2D eigenvalue weighted by atomic mass is 16.7. The molecule has 2 aromatic rings. The minimum Gasteiger partial charge on any atom is -0.463 e. The Balaban J connectivity index is 1.47. The zero-order chi connectivity index (χ0) is 27.9. The number of ether oxygens (including phenoxy) is 3. The minimum atomic E-state index is -1.32. The Hall–Kier alpha value is -4.31. The smallest absolute Gasteiger partial charge is 0.419 e. The Kier molecular flexibility index (Phi) is 6.82. The summed E-state index contributed by atoms with van der Waals surface area (Å²) in [6, 6.07) is 12.9. The molecule has 4 atom stereocenters. The summed E-state index contributed by atoms with van der Waals surface area (Å²) in [6.07, 6.45) is -1.75. The maximum Gasteiger partial charge on any atom is 0.419 e. The van der Waals surface area contributed by atoms with Gasteiger partial charge in [0, 0.05) is 11.8 Å². The van der Waals surface area contributed by atoms with Gasteiger partial charge in [-0.2, -0.15) is 0 Å². The van der Waals surface area contributed by atoms with Crippen molar-refractivity contribution < 1.29 is 38.2 Å². The van der Waals surface area contributed by atoms with E-state index in [0.29, 0.717) is 5.56 Å². The SMILES string of the molecule is C=CC[C@@H](C(=O)N1C(=O)O[C@@H](O[C@H]2C(=O)OCC2(C)C)C[C@@H]1c1ccccc1)N1C(=O)c2ccccc2C1=O. The lowest BCUT2D eigenvalue weighted by Crippen LogP contribution is -2.56. The van der Waals surface area contributed by atoms with Crippen molar-refractivity contribution in [1.82, 2.24) is 9.80 Å². The van der Waals surface area contributed by atoms with Crippen molar-refractivity contribution in [2.75, 3.05) is 6.61 Å². The number of carbonyl (C=O) groups excluding carboxylic acids is 5. The Morgan fingerprint density at radius 1 is 1.05 bits per heavy atom. The second kappa shape index (κ2) is 10.1. The van der Waals surface area contributed by atoms with E-state index < -0.39 is 59.7 Å². The van der Waals surface area contributed by atoms with Gasteiger partial charge in [-0.1, -0.05) is 62.4 Å². The monoisotopic (exact) mass is 532 g/mol. The van der Waals surface area contributed by atoms with Crippen LogP contribution in [0.15, 0.2) is 67.3 Å². The van der Waals surface area contributed by atoms with Crippen molar-refractivity contribution in [3.63, 3.8) is 0 Å². The summed E-state index contributed by atoms with van der Waals surface area (Å²) in [5, 5.41) is 0. The molecular weight excluding hydrogens is 504 g/mol. The van der Waals surface area contributed by atoms with Gasteiger partial charge in [0.2, 0.25) is 6.29 Å². The summed E-state index contributed by atoms with van der Waals surface area (Å²) in [5.41, 5.74) is 0.345. The maximum absolute atomic E-state index is 14.0. The summed E-state index contributed by atoms with van der Waals surface area (Å²) >= 11 is 0. The number of cyclic esters (lactones) is 2. The highest BCUT2D eigenvalue weighted by Gasteiger charge is 2.51. The second-order valence-corrected chi connectivity index (χ2v) is 10.4. The lowest BCUT2D eigenvalue weighted by Gasteiger charge is -2.40. The molecule has 3 aliphatic heterocycles. The van der Waals surface area contributed by atoms with E-state index in [1.807, 2.05) is 0 Å². The van der Waals surface area contributed by atoms with Crippen LogP contribution in [0.25, 0.3) is 0 Å². The number of imide groups is 2. The second-order valence-electron chi connectivity index (χ2n) is 10.4. The molecule has 5 rings (SSSR count). The number of fused-ring (bicyclic) bond motifs is 1. The van der Waals surface area contributed by atoms with Crippen LogP contribution in [0.3, 0.4) is 0 Å². The number of nitrogens with zero attached hydrogens (tertiary/aromatic N) is 2. The van der Waals surface area contributed by atoms with E-state index >= 15 is 0 Å². The predicted molar refractivity (Wildman–Crippen MR) is 136 cm³/mol. The quantitative estimate of drug-likeness (QED) is 0.301. The molecule has 202 valence electrons. The van der Waals surface area contributed by atoms with Gasteiger partial charge in [0.1, 0.15) is 6.04 Å². The van der Waals surface area contributed by atoms with Gasteiger partial charge >= 0.3 is 12.1 Å². The van der Waals surface area contributed by atoms with Crippen LogP contribution in [0.4, 0.5) is 4.79 Å². The number of carbonyl (C=O) groups is 5. The summed E-state index contributed by atoms with van der Waals surface area (Å²) in [7, 11) is 0. The van der Waals surface area contributed by atoms with Gasteiger partial charge in [0.05, 0.1) is 23.8 Å². The van der Waals surface area contributed by atoms with Crippen molar-refractivity contribution in [2.24, 2.45) is 5.41 Å². The van der Waals surface area contributed by atoms with Crippen LogP contribution < -0.4 is 0 Å². The van der Waals surface area contributed by atoms with Crippen molar-refractivity contribution in [3.05, 3.63) is 83.9 Å². The molecule has 3 heterocycles. The van der Waals surface area contributed by atoms with Gasteiger partial charge in [-0.15, -0.1) is 6.58 Å². The third kappa shape index (κ3) is 4.61. The van der Waals surface area contributed by atoms with Gasteiger partial charge in [-0.25, -0.2) is 14.5 Å². The van der Waals surface area contributed by atoms with Gasteiger partial charge in [-0.3, -0.25) is 19.3 Å². The molecule has 2 fully saturated rings. The average Bonchev–Trinajstić information content (AvgIpc) is 3.33. The molecular formula is C29H28N2O8. The summed E-state index contributed by atoms with van der Waals surface area (Å²) in [4.78, 5) is 68.0. The van der Waals surface area contributed by atoms with Gasteiger partial charge < -0.3 is 14.2 Å². The number of benzene rings is 2. The molecule has 4 amide bonds. The van der Waals surface area contributed by atoms with E-state index in [1.54, 1.807) is 56.3 Å². The van der Waals surface area contributed by atoms with E-state index in [1.165, 1.54) is 18.2 Å². The average molecular weight is 533 g/mol. The largest absolute Gasteiger partial charge is 0.463 e. The summed E-state index contributed by atoms with van der Waals surface area (Å²) in [5.74, 6) is -2.59. The molecule has 0 aromatic heterocycles. The predicted octanol–water partition coefficient (Wildman–Crippen LogP) is 3.63. The van der Waals surface area contributed by atoms with Crippen LogP contribution >= 0.6 is 0 Å². The Labute approximate surface area is 225 Å².